The second-order valence-corrected chi connectivity index (χ2v) is 8.08. The first-order valence-corrected chi connectivity index (χ1v) is 10.8. The lowest BCUT2D eigenvalue weighted by Gasteiger charge is -2.37. The second-order valence-electron chi connectivity index (χ2n) is 8.08. The van der Waals surface area contributed by atoms with E-state index in [1.54, 1.807) is 0 Å². The first-order chi connectivity index (χ1) is 11.8. The molecule has 0 saturated heterocycles. The van der Waals surface area contributed by atoms with Crippen LogP contribution >= 0.6 is 0 Å². The van der Waals surface area contributed by atoms with E-state index in [4.69, 9.17) is 4.74 Å². The Labute approximate surface area is 150 Å². The summed E-state index contributed by atoms with van der Waals surface area (Å²) in [7, 11) is 0. The van der Waals surface area contributed by atoms with Crippen molar-refractivity contribution in [2.24, 2.45) is 17.8 Å². The lowest BCUT2D eigenvalue weighted by atomic mass is 9.70. The molecule has 2 fully saturated rings. The van der Waals surface area contributed by atoms with Crippen molar-refractivity contribution in [1.29, 1.82) is 0 Å². The SMILES string of the molecule is CCC/C=C/OC1CCC(C2CCC(/C=C/CCCC)CC2)CC1. The van der Waals surface area contributed by atoms with Crippen LogP contribution in [-0.4, -0.2) is 6.10 Å². The van der Waals surface area contributed by atoms with Crippen LogP contribution in [-0.2, 0) is 4.74 Å². The third-order valence-corrected chi connectivity index (χ3v) is 6.16. The third kappa shape index (κ3) is 7.03. The maximum atomic E-state index is 5.91. The average Bonchev–Trinajstić information content (AvgIpc) is 2.64. The van der Waals surface area contributed by atoms with Gasteiger partial charge in [-0.25, -0.2) is 0 Å². The fourth-order valence-corrected chi connectivity index (χ4v) is 4.52. The third-order valence-electron chi connectivity index (χ3n) is 6.16. The minimum atomic E-state index is 0.493. The van der Waals surface area contributed by atoms with Crippen LogP contribution in [0.5, 0.6) is 0 Å². The summed E-state index contributed by atoms with van der Waals surface area (Å²) < 4.78 is 5.91. The molecule has 0 radical (unpaired) electrons. The van der Waals surface area contributed by atoms with Gasteiger partial charge < -0.3 is 4.74 Å². The van der Waals surface area contributed by atoms with Gasteiger partial charge in [0.25, 0.3) is 0 Å². The van der Waals surface area contributed by atoms with Gasteiger partial charge in [0.05, 0.1) is 12.4 Å². The summed E-state index contributed by atoms with van der Waals surface area (Å²) in [6.07, 6.45) is 27.1. The predicted molar refractivity (Wildman–Crippen MR) is 105 cm³/mol. The van der Waals surface area contributed by atoms with E-state index in [2.05, 4.69) is 32.1 Å². The van der Waals surface area contributed by atoms with Gasteiger partial charge in [-0.05, 0) is 88.0 Å². The largest absolute Gasteiger partial charge is 0.498 e. The molecule has 1 nitrogen and oxygen atoms in total. The van der Waals surface area contributed by atoms with Gasteiger partial charge in [-0.1, -0.05) is 45.3 Å². The molecule has 0 atom stereocenters. The van der Waals surface area contributed by atoms with Gasteiger partial charge in [0.15, 0.2) is 0 Å². The molecule has 2 saturated carbocycles. The highest BCUT2D eigenvalue weighted by Gasteiger charge is 2.30. The summed E-state index contributed by atoms with van der Waals surface area (Å²) in [6.45, 7) is 4.49. The lowest BCUT2D eigenvalue weighted by molar-refractivity contribution is 0.0649. The maximum Gasteiger partial charge on any atom is 0.0978 e. The summed E-state index contributed by atoms with van der Waals surface area (Å²) in [5, 5.41) is 0. The fraction of sp³-hybridized carbons (Fsp3) is 0.826. The number of hydrogen-bond acceptors (Lipinski definition) is 1. The van der Waals surface area contributed by atoms with Crippen LogP contribution in [0.15, 0.2) is 24.5 Å². The van der Waals surface area contributed by atoms with Gasteiger partial charge in [0.1, 0.15) is 0 Å². The Kier molecular flexibility index (Phi) is 9.61. The first-order valence-electron chi connectivity index (χ1n) is 10.8. The summed E-state index contributed by atoms with van der Waals surface area (Å²) in [6, 6.07) is 0. The van der Waals surface area contributed by atoms with E-state index >= 15 is 0 Å². The van der Waals surface area contributed by atoms with Crippen LogP contribution in [0.3, 0.4) is 0 Å². The fourth-order valence-electron chi connectivity index (χ4n) is 4.52. The monoisotopic (exact) mass is 332 g/mol. The quantitative estimate of drug-likeness (QED) is 0.242. The zero-order valence-corrected chi connectivity index (χ0v) is 16.2. The second kappa shape index (κ2) is 11.8. The highest BCUT2D eigenvalue weighted by Crippen LogP contribution is 2.40. The smallest absolute Gasteiger partial charge is 0.0978 e. The molecular formula is C23H40O. The van der Waals surface area contributed by atoms with Crippen molar-refractivity contribution < 1.29 is 4.74 Å². The van der Waals surface area contributed by atoms with E-state index in [0.717, 1.165) is 24.2 Å². The molecule has 0 bridgehead atoms. The molecule has 138 valence electrons. The van der Waals surface area contributed by atoms with Crippen LogP contribution in [0.4, 0.5) is 0 Å². The van der Waals surface area contributed by atoms with Crippen LogP contribution in [0.2, 0.25) is 0 Å². The Bertz CT molecular complexity index is 354. The summed E-state index contributed by atoms with van der Waals surface area (Å²) in [5.74, 6) is 2.86. The lowest BCUT2D eigenvalue weighted by Crippen LogP contribution is -2.27. The van der Waals surface area contributed by atoms with Gasteiger partial charge in [0, 0.05) is 0 Å². The Morgan fingerprint density at radius 3 is 2.04 bits per heavy atom. The highest BCUT2D eigenvalue weighted by atomic mass is 16.5. The van der Waals surface area contributed by atoms with E-state index < -0.39 is 0 Å². The van der Waals surface area contributed by atoms with Crippen molar-refractivity contribution in [3.8, 4) is 0 Å². The molecule has 0 aliphatic heterocycles. The summed E-state index contributed by atoms with van der Waals surface area (Å²) in [4.78, 5) is 0. The molecule has 0 spiro atoms. The zero-order chi connectivity index (χ0) is 17.0. The Morgan fingerprint density at radius 1 is 0.750 bits per heavy atom. The number of hydrogen-bond donors (Lipinski definition) is 0. The van der Waals surface area contributed by atoms with Crippen molar-refractivity contribution in [1.82, 2.24) is 0 Å². The van der Waals surface area contributed by atoms with Crippen molar-refractivity contribution >= 4 is 0 Å². The van der Waals surface area contributed by atoms with Crippen LogP contribution in [0.25, 0.3) is 0 Å². The number of allylic oxidation sites excluding steroid dienone is 3. The van der Waals surface area contributed by atoms with E-state index in [-0.39, 0.29) is 0 Å². The Hall–Kier alpha value is -0.720. The first kappa shape index (κ1) is 19.6. The molecule has 0 amide bonds. The van der Waals surface area contributed by atoms with Crippen molar-refractivity contribution in [2.45, 2.75) is 103 Å². The maximum absolute atomic E-state index is 5.91. The van der Waals surface area contributed by atoms with Crippen LogP contribution < -0.4 is 0 Å². The van der Waals surface area contributed by atoms with E-state index in [1.165, 1.54) is 77.0 Å². The van der Waals surface area contributed by atoms with Crippen LogP contribution in [0.1, 0.15) is 97.3 Å². The van der Waals surface area contributed by atoms with Crippen molar-refractivity contribution in [2.75, 3.05) is 0 Å². The van der Waals surface area contributed by atoms with Crippen molar-refractivity contribution in [3.05, 3.63) is 24.5 Å². The Morgan fingerprint density at radius 2 is 1.42 bits per heavy atom. The van der Waals surface area contributed by atoms with Gasteiger partial charge in [-0.15, -0.1) is 0 Å². The van der Waals surface area contributed by atoms with Gasteiger partial charge in [-0.3, -0.25) is 0 Å². The number of rotatable bonds is 9. The molecule has 2 rings (SSSR count). The molecule has 0 heterocycles. The minimum absolute atomic E-state index is 0.493. The zero-order valence-electron chi connectivity index (χ0n) is 16.2. The molecular weight excluding hydrogens is 292 g/mol. The molecule has 0 N–H and O–H groups in total. The van der Waals surface area contributed by atoms with Gasteiger partial charge in [0.2, 0.25) is 0 Å². The number of ether oxygens (including phenoxy) is 1. The predicted octanol–water partition coefficient (Wildman–Crippen LogP) is 7.43. The highest BCUT2D eigenvalue weighted by molar-refractivity contribution is 4.92. The summed E-state index contributed by atoms with van der Waals surface area (Å²) >= 11 is 0. The Balaban J connectivity index is 1.61. The molecule has 24 heavy (non-hydrogen) atoms. The molecule has 1 heteroatoms. The molecule has 0 aromatic rings. The standard InChI is InChI=1S/C23H40O/c1-3-5-7-8-10-20-11-13-21(14-12-20)22-15-17-23(18-16-22)24-19-9-6-4-2/h8-10,19-23H,3-7,11-18H2,1-2H3/b10-8+,19-9+. The van der Waals surface area contributed by atoms with E-state index in [1.807, 2.05) is 6.26 Å². The normalized spacial score (nSPS) is 31.8. The molecule has 2 aliphatic carbocycles. The van der Waals surface area contributed by atoms with Crippen LogP contribution in [0, 0.1) is 17.8 Å². The van der Waals surface area contributed by atoms with Crippen molar-refractivity contribution in [3.63, 3.8) is 0 Å². The van der Waals surface area contributed by atoms with E-state index in [0.29, 0.717) is 6.10 Å². The number of unbranched alkanes of at least 4 members (excludes halogenated alkanes) is 3. The van der Waals surface area contributed by atoms with Gasteiger partial charge in [-0.2, -0.15) is 0 Å². The topological polar surface area (TPSA) is 9.23 Å². The molecule has 0 aromatic heterocycles. The summed E-state index contributed by atoms with van der Waals surface area (Å²) in [5.41, 5.74) is 0. The molecule has 0 unspecified atom stereocenters. The van der Waals surface area contributed by atoms with Gasteiger partial charge >= 0.3 is 0 Å². The molecule has 2 aliphatic rings. The van der Waals surface area contributed by atoms with E-state index in [9.17, 15) is 0 Å². The average molecular weight is 333 g/mol. The minimum Gasteiger partial charge on any atom is -0.498 e. The molecule has 0 aromatic carbocycles.